The van der Waals surface area contributed by atoms with Crippen LogP contribution in [0.4, 0.5) is 8.78 Å². The number of nitrogens with one attached hydrogen (secondary N) is 1. The highest BCUT2D eigenvalue weighted by Crippen LogP contribution is 2.14. The number of carbonyl (C=O) groups is 1. The Balaban J connectivity index is 2.51. The summed E-state index contributed by atoms with van der Waals surface area (Å²) in [6, 6.07) is 0.0542. The summed E-state index contributed by atoms with van der Waals surface area (Å²) in [4.78, 5) is 15.2. The van der Waals surface area contributed by atoms with Crippen molar-refractivity contribution in [2.24, 2.45) is 0 Å². The van der Waals surface area contributed by atoms with Gasteiger partial charge in [0, 0.05) is 25.7 Å². The van der Waals surface area contributed by atoms with Gasteiger partial charge < -0.3 is 10.2 Å². The molecule has 0 radical (unpaired) electrons. The first-order chi connectivity index (χ1) is 8.08. The minimum absolute atomic E-state index is 0.0441. The van der Waals surface area contributed by atoms with Crippen molar-refractivity contribution in [3.8, 4) is 0 Å². The summed E-state index contributed by atoms with van der Waals surface area (Å²) >= 11 is 0. The van der Waals surface area contributed by atoms with E-state index in [0.29, 0.717) is 26.2 Å². The van der Waals surface area contributed by atoms with E-state index in [9.17, 15) is 13.6 Å². The van der Waals surface area contributed by atoms with Gasteiger partial charge in [0.05, 0.1) is 13.1 Å². The largest absolute Gasteiger partial charge is 0.339 e. The predicted molar refractivity (Wildman–Crippen MR) is 62.2 cm³/mol. The van der Waals surface area contributed by atoms with Crippen LogP contribution in [0.1, 0.15) is 13.3 Å². The van der Waals surface area contributed by atoms with E-state index in [1.54, 1.807) is 16.8 Å². The maximum atomic E-state index is 12.4. The molecule has 100 valence electrons. The second-order valence-corrected chi connectivity index (χ2v) is 4.32. The van der Waals surface area contributed by atoms with Gasteiger partial charge in [-0.25, -0.2) is 8.78 Å². The van der Waals surface area contributed by atoms with Gasteiger partial charge >= 0.3 is 0 Å². The Morgan fingerprint density at radius 3 is 2.71 bits per heavy atom. The number of hydrogen-bond acceptors (Lipinski definition) is 3. The molecule has 1 rings (SSSR count). The fourth-order valence-corrected chi connectivity index (χ4v) is 2.19. The van der Waals surface area contributed by atoms with Crippen LogP contribution in [0, 0.1) is 0 Å². The SMILES string of the molecule is CCC1CN(C(=O)CNC)CCN1CC(F)F. The van der Waals surface area contributed by atoms with Crippen molar-refractivity contribution >= 4 is 5.91 Å². The molecule has 1 atom stereocenters. The summed E-state index contributed by atoms with van der Waals surface area (Å²) in [5.41, 5.74) is 0. The van der Waals surface area contributed by atoms with Crippen LogP contribution in [0.3, 0.4) is 0 Å². The lowest BCUT2D eigenvalue weighted by atomic mass is 10.1. The standard InChI is InChI=1S/C11H21F2N3O/c1-3-9-7-16(11(17)6-14-2)5-4-15(9)8-10(12)13/h9-10,14H,3-8H2,1-2H3. The molecule has 0 aromatic carbocycles. The fourth-order valence-electron chi connectivity index (χ4n) is 2.19. The van der Waals surface area contributed by atoms with Crippen LogP contribution in [0.5, 0.6) is 0 Å². The molecule has 0 spiro atoms. The Morgan fingerprint density at radius 1 is 1.47 bits per heavy atom. The first-order valence-corrected chi connectivity index (χ1v) is 6.03. The molecule has 0 saturated carbocycles. The lowest BCUT2D eigenvalue weighted by Gasteiger charge is -2.41. The average molecular weight is 249 g/mol. The lowest BCUT2D eigenvalue weighted by Crippen LogP contribution is -2.56. The van der Waals surface area contributed by atoms with Crippen molar-refractivity contribution in [3.05, 3.63) is 0 Å². The van der Waals surface area contributed by atoms with Gasteiger partial charge in [-0.3, -0.25) is 9.69 Å². The second kappa shape index (κ2) is 6.86. The highest BCUT2D eigenvalue weighted by atomic mass is 19.3. The highest BCUT2D eigenvalue weighted by molar-refractivity contribution is 5.78. The first kappa shape index (κ1) is 14.3. The van der Waals surface area contributed by atoms with Crippen molar-refractivity contribution in [1.82, 2.24) is 15.1 Å². The van der Waals surface area contributed by atoms with Crippen molar-refractivity contribution in [2.75, 3.05) is 39.8 Å². The molecule has 0 aromatic heterocycles. The van der Waals surface area contributed by atoms with Crippen LogP contribution in [-0.2, 0) is 4.79 Å². The van der Waals surface area contributed by atoms with E-state index in [-0.39, 0.29) is 18.5 Å². The molecule has 1 amide bonds. The summed E-state index contributed by atoms with van der Waals surface area (Å²) < 4.78 is 24.7. The van der Waals surface area contributed by atoms with Crippen molar-refractivity contribution in [2.45, 2.75) is 25.8 Å². The van der Waals surface area contributed by atoms with Gasteiger partial charge in [0.1, 0.15) is 0 Å². The van der Waals surface area contributed by atoms with Gasteiger partial charge in [-0.1, -0.05) is 6.92 Å². The smallest absolute Gasteiger partial charge is 0.251 e. The van der Waals surface area contributed by atoms with Crippen LogP contribution < -0.4 is 5.32 Å². The number of hydrogen-bond donors (Lipinski definition) is 1. The molecule has 6 heteroatoms. The summed E-state index contributed by atoms with van der Waals surface area (Å²) in [7, 11) is 1.72. The lowest BCUT2D eigenvalue weighted by molar-refractivity contribution is -0.133. The second-order valence-electron chi connectivity index (χ2n) is 4.32. The van der Waals surface area contributed by atoms with Crippen molar-refractivity contribution < 1.29 is 13.6 Å². The average Bonchev–Trinajstić information content (AvgIpc) is 2.29. The van der Waals surface area contributed by atoms with E-state index < -0.39 is 6.43 Å². The summed E-state index contributed by atoms with van der Waals surface area (Å²) in [6.07, 6.45) is -1.51. The molecule has 1 fully saturated rings. The van der Waals surface area contributed by atoms with Gasteiger partial charge in [0.15, 0.2) is 0 Å². The predicted octanol–water partition coefficient (Wildman–Crippen LogP) is 0.394. The summed E-state index contributed by atoms with van der Waals surface area (Å²) in [5.74, 6) is 0.0441. The molecular formula is C11H21F2N3O. The van der Waals surface area contributed by atoms with E-state index in [1.165, 1.54) is 0 Å². The van der Waals surface area contributed by atoms with Crippen LogP contribution >= 0.6 is 0 Å². The van der Waals surface area contributed by atoms with E-state index in [4.69, 9.17) is 0 Å². The van der Waals surface area contributed by atoms with Crippen LogP contribution in [0.25, 0.3) is 0 Å². The number of rotatable bonds is 5. The maximum Gasteiger partial charge on any atom is 0.251 e. The quantitative estimate of drug-likeness (QED) is 0.766. The molecular weight excluding hydrogens is 228 g/mol. The van der Waals surface area contributed by atoms with E-state index in [0.717, 1.165) is 6.42 Å². The Morgan fingerprint density at radius 2 is 2.18 bits per heavy atom. The van der Waals surface area contributed by atoms with Gasteiger partial charge in [0.2, 0.25) is 5.91 Å². The summed E-state index contributed by atoms with van der Waals surface area (Å²) in [5, 5.41) is 2.82. The number of nitrogens with zero attached hydrogens (tertiary/aromatic N) is 2. The number of likely N-dealkylation sites (N-methyl/N-ethyl adjacent to an activating group) is 1. The molecule has 1 aliphatic heterocycles. The minimum atomic E-state index is -2.30. The van der Waals surface area contributed by atoms with Crippen molar-refractivity contribution in [1.29, 1.82) is 0 Å². The Bertz CT molecular complexity index is 251. The normalized spacial score (nSPS) is 22.2. The number of piperazine rings is 1. The van der Waals surface area contributed by atoms with Crippen LogP contribution in [-0.4, -0.2) is 67.9 Å². The van der Waals surface area contributed by atoms with Crippen molar-refractivity contribution in [3.63, 3.8) is 0 Å². The molecule has 0 bridgehead atoms. The first-order valence-electron chi connectivity index (χ1n) is 6.03. The Kier molecular flexibility index (Phi) is 5.77. The molecule has 1 N–H and O–H groups in total. The zero-order chi connectivity index (χ0) is 12.8. The van der Waals surface area contributed by atoms with E-state index >= 15 is 0 Å². The molecule has 1 saturated heterocycles. The molecule has 17 heavy (non-hydrogen) atoms. The Hall–Kier alpha value is -0.750. The zero-order valence-corrected chi connectivity index (χ0v) is 10.5. The molecule has 0 aromatic rings. The third-order valence-electron chi connectivity index (χ3n) is 3.13. The van der Waals surface area contributed by atoms with E-state index in [2.05, 4.69) is 5.32 Å². The number of carbonyl (C=O) groups excluding carboxylic acids is 1. The third kappa shape index (κ3) is 4.20. The van der Waals surface area contributed by atoms with Gasteiger partial charge in [-0.2, -0.15) is 0 Å². The summed E-state index contributed by atoms with van der Waals surface area (Å²) in [6.45, 7) is 3.73. The third-order valence-corrected chi connectivity index (χ3v) is 3.13. The highest BCUT2D eigenvalue weighted by Gasteiger charge is 2.29. The zero-order valence-electron chi connectivity index (χ0n) is 10.5. The van der Waals surface area contributed by atoms with Gasteiger partial charge in [0.25, 0.3) is 6.43 Å². The molecule has 4 nitrogen and oxygen atoms in total. The van der Waals surface area contributed by atoms with Crippen LogP contribution in [0.15, 0.2) is 0 Å². The molecule has 1 unspecified atom stereocenters. The monoisotopic (exact) mass is 249 g/mol. The van der Waals surface area contributed by atoms with Gasteiger partial charge in [-0.15, -0.1) is 0 Å². The number of halogens is 2. The molecule has 1 heterocycles. The minimum Gasteiger partial charge on any atom is -0.339 e. The molecule has 0 aliphatic carbocycles. The van der Waals surface area contributed by atoms with Crippen LogP contribution in [0.2, 0.25) is 0 Å². The number of amides is 1. The Labute approximate surface area is 101 Å². The molecule has 1 aliphatic rings. The topological polar surface area (TPSA) is 35.6 Å². The van der Waals surface area contributed by atoms with Gasteiger partial charge in [-0.05, 0) is 13.5 Å². The fraction of sp³-hybridized carbons (Fsp3) is 0.909. The maximum absolute atomic E-state index is 12.4. The number of alkyl halides is 2. The van der Waals surface area contributed by atoms with E-state index in [1.807, 2.05) is 6.92 Å².